The van der Waals surface area contributed by atoms with Crippen LogP contribution in [-0.2, 0) is 16.4 Å². The van der Waals surface area contributed by atoms with Crippen molar-refractivity contribution in [3.05, 3.63) is 28.2 Å². The average molecular weight is 322 g/mol. The van der Waals surface area contributed by atoms with Gasteiger partial charge in [0.05, 0.1) is 12.4 Å². The first-order chi connectivity index (χ1) is 7.92. The first kappa shape index (κ1) is 14.5. The summed E-state index contributed by atoms with van der Waals surface area (Å²) in [6.07, 6.45) is 1.71. The molecule has 0 heterocycles. The van der Waals surface area contributed by atoms with Crippen molar-refractivity contribution in [2.75, 3.05) is 18.6 Å². The Labute approximate surface area is 110 Å². The Morgan fingerprint density at radius 3 is 2.71 bits per heavy atom. The third-order valence-corrected chi connectivity index (χ3v) is 3.68. The molecule has 0 aliphatic heterocycles. The summed E-state index contributed by atoms with van der Waals surface area (Å²) in [6.45, 7) is 0.766. The molecular weight excluding hydrogens is 306 g/mol. The summed E-state index contributed by atoms with van der Waals surface area (Å²) < 4.78 is 28.3. The van der Waals surface area contributed by atoms with Gasteiger partial charge < -0.3 is 10.5 Å². The van der Waals surface area contributed by atoms with Gasteiger partial charge in [-0.05, 0) is 24.6 Å². The molecule has 0 radical (unpaired) electrons. The zero-order valence-corrected chi connectivity index (χ0v) is 12.1. The summed E-state index contributed by atoms with van der Waals surface area (Å²) in [6, 6.07) is 5.59. The zero-order chi connectivity index (χ0) is 12.9. The van der Waals surface area contributed by atoms with Crippen molar-refractivity contribution in [3.63, 3.8) is 0 Å². The van der Waals surface area contributed by atoms with Crippen LogP contribution in [0, 0.1) is 0 Å². The molecule has 0 aliphatic carbocycles. The van der Waals surface area contributed by atoms with E-state index in [0.717, 1.165) is 10.0 Å². The van der Waals surface area contributed by atoms with Crippen LogP contribution in [-0.4, -0.2) is 27.0 Å². The first-order valence-corrected chi connectivity index (χ1v) is 8.07. The summed E-state index contributed by atoms with van der Waals surface area (Å²) in [5.74, 6) is 0.853. The van der Waals surface area contributed by atoms with Gasteiger partial charge >= 0.3 is 0 Å². The fourth-order valence-corrected chi connectivity index (χ4v) is 2.40. The van der Waals surface area contributed by atoms with E-state index in [9.17, 15) is 8.42 Å². The fourth-order valence-electron chi connectivity index (χ4n) is 1.35. The normalized spacial score (nSPS) is 11.5. The summed E-state index contributed by atoms with van der Waals surface area (Å²) in [4.78, 5) is 0. The number of hydrogen-bond donors (Lipinski definition) is 1. The molecule has 0 bridgehead atoms. The molecule has 1 aromatic rings. The smallest absolute Gasteiger partial charge is 0.147 e. The highest BCUT2D eigenvalue weighted by Crippen LogP contribution is 2.22. The van der Waals surface area contributed by atoms with E-state index in [0.29, 0.717) is 25.3 Å². The summed E-state index contributed by atoms with van der Waals surface area (Å²) in [5, 5.41) is 0. The molecule has 0 amide bonds. The third kappa shape index (κ3) is 5.52. The number of benzene rings is 1. The Morgan fingerprint density at radius 1 is 1.41 bits per heavy atom. The van der Waals surface area contributed by atoms with Crippen LogP contribution in [0.3, 0.4) is 0 Å². The van der Waals surface area contributed by atoms with Crippen LogP contribution >= 0.6 is 15.9 Å². The molecule has 0 aliphatic rings. The highest BCUT2D eigenvalue weighted by Gasteiger charge is 2.05. The maximum absolute atomic E-state index is 10.9. The molecule has 0 aromatic heterocycles. The van der Waals surface area contributed by atoms with Gasteiger partial charge in [0.25, 0.3) is 0 Å². The molecular formula is C11H16BrNO3S. The number of hydrogen-bond acceptors (Lipinski definition) is 4. The second-order valence-electron chi connectivity index (χ2n) is 3.79. The molecule has 4 nitrogen and oxygen atoms in total. The Hall–Kier alpha value is -0.590. The summed E-state index contributed by atoms with van der Waals surface area (Å²) in [5.41, 5.74) is 6.50. The van der Waals surface area contributed by atoms with E-state index in [1.165, 1.54) is 6.26 Å². The van der Waals surface area contributed by atoms with Crippen LogP contribution in [0.25, 0.3) is 0 Å². The Balaban J connectivity index is 2.52. The van der Waals surface area contributed by atoms with Crippen LogP contribution < -0.4 is 10.5 Å². The molecule has 1 aromatic carbocycles. The predicted molar refractivity (Wildman–Crippen MR) is 71.9 cm³/mol. The minimum absolute atomic E-state index is 0.140. The number of halogens is 1. The SMILES string of the molecule is CS(=O)(=O)CCCOc1ccc(Br)cc1CN. The van der Waals surface area contributed by atoms with Crippen molar-refractivity contribution in [1.29, 1.82) is 0 Å². The highest BCUT2D eigenvalue weighted by atomic mass is 79.9. The van der Waals surface area contributed by atoms with Gasteiger partial charge in [-0.15, -0.1) is 0 Å². The molecule has 0 fully saturated rings. The standard InChI is InChI=1S/C11H16BrNO3S/c1-17(14,15)6-2-5-16-11-4-3-10(12)7-9(11)8-13/h3-4,7H,2,5-6,8,13H2,1H3. The van der Waals surface area contributed by atoms with Crippen molar-refractivity contribution < 1.29 is 13.2 Å². The van der Waals surface area contributed by atoms with Gasteiger partial charge in [0.2, 0.25) is 0 Å². The molecule has 0 unspecified atom stereocenters. The molecule has 6 heteroatoms. The lowest BCUT2D eigenvalue weighted by molar-refractivity contribution is 0.314. The number of ether oxygens (including phenoxy) is 1. The lowest BCUT2D eigenvalue weighted by atomic mass is 10.2. The second kappa shape index (κ2) is 6.37. The minimum Gasteiger partial charge on any atom is -0.493 e. The van der Waals surface area contributed by atoms with Crippen molar-refractivity contribution in [2.45, 2.75) is 13.0 Å². The minimum atomic E-state index is -2.91. The summed E-state index contributed by atoms with van der Waals surface area (Å²) >= 11 is 3.35. The lowest BCUT2D eigenvalue weighted by Gasteiger charge is -2.10. The van der Waals surface area contributed by atoms with E-state index in [-0.39, 0.29) is 5.75 Å². The van der Waals surface area contributed by atoms with E-state index < -0.39 is 9.84 Å². The van der Waals surface area contributed by atoms with Crippen molar-refractivity contribution in [2.24, 2.45) is 5.73 Å². The van der Waals surface area contributed by atoms with Crippen LogP contribution in [0.5, 0.6) is 5.75 Å². The Kier molecular flexibility index (Phi) is 5.42. The van der Waals surface area contributed by atoms with Gasteiger partial charge in [0.1, 0.15) is 15.6 Å². The van der Waals surface area contributed by atoms with Crippen LogP contribution in [0.1, 0.15) is 12.0 Å². The van der Waals surface area contributed by atoms with E-state index in [1.807, 2.05) is 18.2 Å². The van der Waals surface area contributed by atoms with Crippen molar-refractivity contribution in [1.82, 2.24) is 0 Å². The van der Waals surface area contributed by atoms with Crippen molar-refractivity contribution >= 4 is 25.8 Å². The van der Waals surface area contributed by atoms with E-state index in [1.54, 1.807) is 0 Å². The second-order valence-corrected chi connectivity index (χ2v) is 6.96. The molecule has 0 saturated carbocycles. The maximum atomic E-state index is 10.9. The van der Waals surface area contributed by atoms with Crippen LogP contribution in [0.2, 0.25) is 0 Å². The molecule has 0 saturated heterocycles. The molecule has 96 valence electrons. The molecule has 1 rings (SSSR count). The van der Waals surface area contributed by atoms with Gasteiger partial charge in [0, 0.05) is 22.8 Å². The van der Waals surface area contributed by atoms with Gasteiger partial charge in [-0.2, -0.15) is 0 Å². The maximum Gasteiger partial charge on any atom is 0.147 e. The summed E-state index contributed by atoms with van der Waals surface area (Å²) in [7, 11) is -2.91. The topological polar surface area (TPSA) is 69.4 Å². The predicted octanol–water partition coefficient (Wildman–Crippen LogP) is 1.72. The number of sulfone groups is 1. The van der Waals surface area contributed by atoms with E-state index in [4.69, 9.17) is 10.5 Å². The van der Waals surface area contributed by atoms with E-state index >= 15 is 0 Å². The van der Waals surface area contributed by atoms with Crippen LogP contribution in [0.4, 0.5) is 0 Å². The van der Waals surface area contributed by atoms with Gasteiger partial charge in [-0.3, -0.25) is 0 Å². The Bertz CT molecular complexity index is 474. The monoisotopic (exact) mass is 321 g/mol. The quantitative estimate of drug-likeness (QED) is 0.810. The Morgan fingerprint density at radius 2 is 2.12 bits per heavy atom. The third-order valence-electron chi connectivity index (χ3n) is 2.16. The largest absolute Gasteiger partial charge is 0.493 e. The van der Waals surface area contributed by atoms with Gasteiger partial charge in [0.15, 0.2) is 0 Å². The van der Waals surface area contributed by atoms with Gasteiger partial charge in [-0.25, -0.2) is 8.42 Å². The first-order valence-electron chi connectivity index (χ1n) is 5.21. The van der Waals surface area contributed by atoms with E-state index in [2.05, 4.69) is 15.9 Å². The number of rotatable bonds is 6. The fraction of sp³-hybridized carbons (Fsp3) is 0.455. The molecule has 0 spiro atoms. The molecule has 0 atom stereocenters. The molecule has 17 heavy (non-hydrogen) atoms. The van der Waals surface area contributed by atoms with Gasteiger partial charge in [-0.1, -0.05) is 15.9 Å². The van der Waals surface area contributed by atoms with Crippen LogP contribution in [0.15, 0.2) is 22.7 Å². The lowest BCUT2D eigenvalue weighted by Crippen LogP contribution is -2.09. The molecule has 2 N–H and O–H groups in total. The average Bonchev–Trinajstić information content (AvgIpc) is 2.24. The highest BCUT2D eigenvalue weighted by molar-refractivity contribution is 9.10. The number of nitrogens with two attached hydrogens (primary N) is 1. The van der Waals surface area contributed by atoms with Crippen molar-refractivity contribution in [3.8, 4) is 5.75 Å². The zero-order valence-electron chi connectivity index (χ0n) is 9.65.